The number of carbonyl (C=O) groups excluding carboxylic acids is 1. The summed E-state index contributed by atoms with van der Waals surface area (Å²) in [4.78, 5) is 40.6. The molecule has 0 saturated carbocycles. The van der Waals surface area contributed by atoms with Gasteiger partial charge in [0.05, 0.1) is 10.9 Å². The van der Waals surface area contributed by atoms with Gasteiger partial charge < -0.3 is 5.32 Å². The number of hydrogen-bond acceptors (Lipinski definition) is 4. The molecular formula is C24H28N4O3. The first-order valence-electron chi connectivity index (χ1n) is 10.9. The highest BCUT2D eigenvalue weighted by molar-refractivity contribution is 5.91. The fraction of sp³-hybridized carbons (Fsp3) is 0.375. The number of para-hydroxylation sites is 1. The molecule has 1 aliphatic rings. The number of hydrogen-bond donors (Lipinski definition) is 1. The van der Waals surface area contributed by atoms with E-state index in [4.69, 9.17) is 0 Å². The van der Waals surface area contributed by atoms with Gasteiger partial charge in [0.25, 0.3) is 5.56 Å². The molecule has 0 bridgehead atoms. The van der Waals surface area contributed by atoms with Gasteiger partial charge in [0.15, 0.2) is 0 Å². The standard InChI is InChI=1S/C24H28N4O3/c1-2-27-23(30)20-11-4-5-12-21(20)28(24(27)31)17-22(29)25-19-10-8-9-18(15-19)16-26-13-6-3-7-14-26/h4-5,8-12,15H,2-3,6-7,13-14,16-17H2,1H3,(H,25,29). The lowest BCUT2D eigenvalue weighted by molar-refractivity contribution is -0.116. The molecule has 1 aliphatic heterocycles. The molecule has 0 aliphatic carbocycles. The molecule has 31 heavy (non-hydrogen) atoms. The van der Waals surface area contributed by atoms with E-state index in [2.05, 4.69) is 16.3 Å². The van der Waals surface area contributed by atoms with Gasteiger partial charge >= 0.3 is 5.69 Å². The van der Waals surface area contributed by atoms with E-state index >= 15 is 0 Å². The Morgan fingerprint density at radius 2 is 1.74 bits per heavy atom. The molecule has 7 nitrogen and oxygen atoms in total. The summed E-state index contributed by atoms with van der Waals surface area (Å²) in [7, 11) is 0. The van der Waals surface area contributed by atoms with E-state index in [0.717, 1.165) is 29.8 Å². The normalized spacial score (nSPS) is 14.6. The Morgan fingerprint density at radius 3 is 2.52 bits per heavy atom. The van der Waals surface area contributed by atoms with Crippen LogP contribution in [0.15, 0.2) is 58.1 Å². The van der Waals surface area contributed by atoms with Crippen molar-refractivity contribution in [2.24, 2.45) is 0 Å². The lowest BCUT2D eigenvalue weighted by Gasteiger charge is -2.26. The van der Waals surface area contributed by atoms with Crippen molar-refractivity contribution in [1.82, 2.24) is 14.0 Å². The second-order valence-electron chi connectivity index (χ2n) is 8.02. The molecule has 4 rings (SSSR count). The average Bonchev–Trinajstić information content (AvgIpc) is 2.78. The van der Waals surface area contributed by atoms with Gasteiger partial charge in [-0.1, -0.05) is 30.7 Å². The van der Waals surface area contributed by atoms with Gasteiger partial charge in [-0.05, 0) is 62.7 Å². The van der Waals surface area contributed by atoms with Crippen LogP contribution in [-0.2, 0) is 24.4 Å². The van der Waals surface area contributed by atoms with E-state index in [0.29, 0.717) is 16.6 Å². The van der Waals surface area contributed by atoms with Crippen LogP contribution in [0.25, 0.3) is 10.9 Å². The third-order valence-corrected chi connectivity index (χ3v) is 5.82. The summed E-state index contributed by atoms with van der Waals surface area (Å²) in [6.45, 7) is 4.93. The number of likely N-dealkylation sites (tertiary alicyclic amines) is 1. The molecular weight excluding hydrogens is 392 g/mol. The van der Waals surface area contributed by atoms with Crippen LogP contribution < -0.4 is 16.6 Å². The number of benzene rings is 2. The van der Waals surface area contributed by atoms with Crippen LogP contribution in [0, 0.1) is 0 Å². The van der Waals surface area contributed by atoms with Crippen LogP contribution in [0.5, 0.6) is 0 Å². The summed E-state index contributed by atoms with van der Waals surface area (Å²) >= 11 is 0. The van der Waals surface area contributed by atoms with Gasteiger partial charge in [0.2, 0.25) is 5.91 Å². The summed E-state index contributed by atoms with van der Waals surface area (Å²) in [6, 6.07) is 14.7. The molecule has 1 amide bonds. The van der Waals surface area contributed by atoms with Crippen LogP contribution in [0.3, 0.4) is 0 Å². The number of rotatable bonds is 6. The van der Waals surface area contributed by atoms with E-state index < -0.39 is 5.69 Å². The molecule has 1 saturated heterocycles. The lowest BCUT2D eigenvalue weighted by atomic mass is 10.1. The monoisotopic (exact) mass is 420 g/mol. The van der Waals surface area contributed by atoms with Crippen molar-refractivity contribution in [3.05, 3.63) is 74.9 Å². The minimum absolute atomic E-state index is 0.157. The van der Waals surface area contributed by atoms with Crippen molar-refractivity contribution < 1.29 is 4.79 Å². The average molecular weight is 421 g/mol. The summed E-state index contributed by atoms with van der Waals surface area (Å²) < 4.78 is 2.53. The van der Waals surface area contributed by atoms with Gasteiger partial charge in [0.1, 0.15) is 6.54 Å². The van der Waals surface area contributed by atoms with Crippen molar-refractivity contribution in [3.8, 4) is 0 Å². The number of fused-ring (bicyclic) bond motifs is 1. The number of nitrogens with one attached hydrogen (secondary N) is 1. The zero-order valence-corrected chi connectivity index (χ0v) is 17.8. The Morgan fingerprint density at radius 1 is 0.968 bits per heavy atom. The Hall–Kier alpha value is -3.19. The van der Waals surface area contributed by atoms with Crippen molar-refractivity contribution in [2.75, 3.05) is 18.4 Å². The molecule has 3 aromatic rings. The van der Waals surface area contributed by atoms with E-state index in [1.807, 2.05) is 18.2 Å². The molecule has 1 aromatic heterocycles. The predicted octanol–water partition coefficient (Wildman–Crippen LogP) is 2.81. The highest BCUT2D eigenvalue weighted by atomic mass is 16.2. The largest absolute Gasteiger partial charge is 0.331 e. The minimum Gasteiger partial charge on any atom is -0.325 e. The van der Waals surface area contributed by atoms with E-state index in [-0.39, 0.29) is 24.6 Å². The SMILES string of the molecule is CCn1c(=O)c2ccccc2n(CC(=O)Nc2cccc(CN3CCCCC3)c2)c1=O. The van der Waals surface area contributed by atoms with Crippen molar-refractivity contribution in [3.63, 3.8) is 0 Å². The van der Waals surface area contributed by atoms with Gasteiger partial charge in [-0.2, -0.15) is 0 Å². The smallest absolute Gasteiger partial charge is 0.325 e. The summed E-state index contributed by atoms with van der Waals surface area (Å²) in [6.07, 6.45) is 3.77. The number of carbonyl (C=O) groups is 1. The molecule has 2 heterocycles. The number of aromatic nitrogens is 2. The predicted molar refractivity (Wildman–Crippen MR) is 122 cm³/mol. The van der Waals surface area contributed by atoms with Gasteiger partial charge in [-0.3, -0.25) is 23.6 Å². The molecule has 162 valence electrons. The number of nitrogens with zero attached hydrogens (tertiary/aromatic N) is 3. The first-order chi connectivity index (χ1) is 15.1. The highest BCUT2D eigenvalue weighted by Gasteiger charge is 2.15. The van der Waals surface area contributed by atoms with E-state index in [9.17, 15) is 14.4 Å². The first kappa shape index (κ1) is 21.1. The van der Waals surface area contributed by atoms with Gasteiger partial charge in [-0.15, -0.1) is 0 Å². The molecule has 0 spiro atoms. The second kappa shape index (κ2) is 9.31. The van der Waals surface area contributed by atoms with E-state index in [1.165, 1.54) is 23.8 Å². The summed E-state index contributed by atoms with van der Waals surface area (Å²) in [5.74, 6) is -0.302. The fourth-order valence-corrected chi connectivity index (χ4v) is 4.27. The van der Waals surface area contributed by atoms with Crippen LogP contribution in [-0.4, -0.2) is 33.0 Å². The highest BCUT2D eigenvalue weighted by Crippen LogP contribution is 2.16. The Kier molecular flexibility index (Phi) is 6.32. The first-order valence-corrected chi connectivity index (χ1v) is 10.9. The fourth-order valence-electron chi connectivity index (χ4n) is 4.27. The summed E-state index contributed by atoms with van der Waals surface area (Å²) in [5, 5.41) is 3.34. The number of amides is 1. The van der Waals surface area contributed by atoms with E-state index in [1.54, 1.807) is 31.2 Å². The quantitative estimate of drug-likeness (QED) is 0.665. The van der Waals surface area contributed by atoms with Crippen LogP contribution in [0.4, 0.5) is 5.69 Å². The van der Waals surface area contributed by atoms with Crippen molar-refractivity contribution in [2.45, 2.75) is 45.8 Å². The maximum atomic E-state index is 12.8. The maximum Gasteiger partial charge on any atom is 0.331 e. The molecule has 0 unspecified atom stereocenters. The zero-order chi connectivity index (χ0) is 21.8. The maximum absolute atomic E-state index is 12.8. The van der Waals surface area contributed by atoms with Gasteiger partial charge in [0, 0.05) is 18.8 Å². The molecule has 7 heteroatoms. The number of anilines is 1. The summed E-state index contributed by atoms with van der Waals surface area (Å²) in [5.41, 5.74) is 1.53. The van der Waals surface area contributed by atoms with Gasteiger partial charge in [-0.25, -0.2) is 4.79 Å². The van der Waals surface area contributed by atoms with Crippen molar-refractivity contribution in [1.29, 1.82) is 0 Å². The third kappa shape index (κ3) is 4.61. The Bertz CT molecular complexity index is 1210. The number of piperidine rings is 1. The molecule has 1 fully saturated rings. The van der Waals surface area contributed by atoms with Crippen LogP contribution >= 0.6 is 0 Å². The topological polar surface area (TPSA) is 76.3 Å². The lowest BCUT2D eigenvalue weighted by Crippen LogP contribution is -2.41. The third-order valence-electron chi connectivity index (χ3n) is 5.82. The van der Waals surface area contributed by atoms with Crippen LogP contribution in [0.2, 0.25) is 0 Å². The zero-order valence-electron chi connectivity index (χ0n) is 17.8. The molecule has 2 aromatic carbocycles. The minimum atomic E-state index is -0.472. The Labute approximate surface area is 180 Å². The Balaban J connectivity index is 1.54. The molecule has 0 atom stereocenters. The van der Waals surface area contributed by atoms with Crippen molar-refractivity contribution >= 4 is 22.5 Å². The second-order valence-corrected chi connectivity index (χ2v) is 8.02. The van der Waals surface area contributed by atoms with Crippen LogP contribution in [0.1, 0.15) is 31.7 Å². The molecule has 1 N–H and O–H groups in total. The molecule has 0 radical (unpaired) electrons.